The summed E-state index contributed by atoms with van der Waals surface area (Å²) in [4.78, 5) is 12.8. The Bertz CT molecular complexity index is 722. The number of H-pyrrole nitrogens is 1. The smallest absolute Gasteiger partial charge is 0.229 e. The first-order chi connectivity index (χ1) is 9.76. The Morgan fingerprint density at radius 3 is 3.10 bits per heavy atom. The average molecular weight is 288 g/mol. The lowest BCUT2D eigenvalue weighted by atomic mass is 10.2. The summed E-state index contributed by atoms with van der Waals surface area (Å²) in [5.74, 6) is 0.514. The minimum Gasteiger partial charge on any atom is -0.390 e. The Balaban J connectivity index is 1.84. The van der Waals surface area contributed by atoms with Crippen molar-refractivity contribution in [2.45, 2.75) is 13.5 Å². The van der Waals surface area contributed by atoms with E-state index in [0.717, 1.165) is 17.0 Å². The third-order valence-electron chi connectivity index (χ3n) is 2.67. The van der Waals surface area contributed by atoms with E-state index < -0.39 is 0 Å². The van der Waals surface area contributed by atoms with Crippen molar-refractivity contribution in [3.05, 3.63) is 35.2 Å². The Morgan fingerprint density at radius 1 is 1.40 bits per heavy atom. The third kappa shape index (κ3) is 2.51. The van der Waals surface area contributed by atoms with Crippen molar-refractivity contribution < 1.29 is 5.11 Å². The summed E-state index contributed by atoms with van der Waals surface area (Å²) in [6.45, 7) is 1.80. The first kappa shape index (κ1) is 12.7. The summed E-state index contributed by atoms with van der Waals surface area (Å²) in [5.41, 5.74) is 3.08. The summed E-state index contributed by atoms with van der Waals surface area (Å²) in [7, 11) is 0. The van der Waals surface area contributed by atoms with Gasteiger partial charge >= 0.3 is 0 Å². The van der Waals surface area contributed by atoms with E-state index in [2.05, 4.69) is 30.5 Å². The summed E-state index contributed by atoms with van der Waals surface area (Å²) < 4.78 is 0. The SMILES string of the molecule is Cc1ccnc(Nc2nc(-c3cn[nH]c3CO)cs2)n1. The van der Waals surface area contributed by atoms with Crippen LogP contribution in [-0.2, 0) is 6.61 Å². The second kappa shape index (κ2) is 5.35. The van der Waals surface area contributed by atoms with Gasteiger partial charge in [-0.3, -0.25) is 5.10 Å². The van der Waals surface area contributed by atoms with Crippen molar-refractivity contribution in [3.63, 3.8) is 0 Å². The minimum absolute atomic E-state index is 0.101. The van der Waals surface area contributed by atoms with Crippen LogP contribution < -0.4 is 5.32 Å². The fourth-order valence-corrected chi connectivity index (χ4v) is 2.42. The summed E-state index contributed by atoms with van der Waals surface area (Å²) in [6, 6.07) is 1.83. The van der Waals surface area contributed by atoms with Crippen LogP contribution in [0.15, 0.2) is 23.8 Å². The molecule has 3 aromatic heterocycles. The summed E-state index contributed by atoms with van der Waals surface area (Å²) in [6.07, 6.45) is 3.34. The van der Waals surface area contributed by atoms with Crippen molar-refractivity contribution >= 4 is 22.4 Å². The van der Waals surface area contributed by atoms with Crippen LogP contribution >= 0.6 is 11.3 Å². The van der Waals surface area contributed by atoms with Crippen LogP contribution in [0.5, 0.6) is 0 Å². The number of rotatable bonds is 4. The highest BCUT2D eigenvalue weighted by molar-refractivity contribution is 7.14. The average Bonchev–Trinajstić information content (AvgIpc) is 3.06. The molecule has 0 fully saturated rings. The highest BCUT2D eigenvalue weighted by Gasteiger charge is 2.11. The lowest BCUT2D eigenvalue weighted by Gasteiger charge is -2.00. The van der Waals surface area contributed by atoms with Crippen LogP contribution in [-0.4, -0.2) is 30.3 Å². The molecule has 0 saturated heterocycles. The number of anilines is 2. The maximum absolute atomic E-state index is 9.21. The van der Waals surface area contributed by atoms with Gasteiger partial charge in [0.2, 0.25) is 5.95 Å². The molecule has 0 amide bonds. The predicted molar refractivity (Wildman–Crippen MR) is 75.7 cm³/mol. The highest BCUT2D eigenvalue weighted by atomic mass is 32.1. The molecule has 3 N–H and O–H groups in total. The van der Waals surface area contributed by atoms with Crippen molar-refractivity contribution in [3.8, 4) is 11.3 Å². The molecule has 0 bridgehead atoms. The molecule has 8 heteroatoms. The lowest BCUT2D eigenvalue weighted by molar-refractivity contribution is 0.277. The molecule has 0 aromatic carbocycles. The molecular formula is C12H12N6OS. The molecule has 3 rings (SSSR count). The number of hydrogen-bond acceptors (Lipinski definition) is 7. The zero-order valence-corrected chi connectivity index (χ0v) is 11.5. The van der Waals surface area contributed by atoms with Gasteiger partial charge in [0.05, 0.1) is 24.2 Å². The van der Waals surface area contributed by atoms with Crippen LogP contribution in [0, 0.1) is 6.92 Å². The van der Waals surface area contributed by atoms with Gasteiger partial charge in [-0.15, -0.1) is 11.3 Å². The highest BCUT2D eigenvalue weighted by Crippen LogP contribution is 2.27. The van der Waals surface area contributed by atoms with Crippen molar-refractivity contribution in [1.29, 1.82) is 0 Å². The number of aromatic amines is 1. The van der Waals surface area contributed by atoms with Gasteiger partial charge in [-0.05, 0) is 13.0 Å². The number of nitrogens with zero attached hydrogens (tertiary/aromatic N) is 4. The predicted octanol–water partition coefficient (Wildman–Crippen LogP) is 1.87. The molecule has 0 aliphatic heterocycles. The van der Waals surface area contributed by atoms with E-state index in [9.17, 15) is 5.11 Å². The molecule has 0 aliphatic rings. The van der Waals surface area contributed by atoms with Crippen LogP contribution in [0.2, 0.25) is 0 Å². The fourth-order valence-electron chi connectivity index (χ4n) is 1.71. The van der Waals surface area contributed by atoms with E-state index >= 15 is 0 Å². The Morgan fingerprint density at radius 2 is 2.30 bits per heavy atom. The third-order valence-corrected chi connectivity index (χ3v) is 3.43. The van der Waals surface area contributed by atoms with E-state index in [1.165, 1.54) is 11.3 Å². The quantitative estimate of drug-likeness (QED) is 0.677. The van der Waals surface area contributed by atoms with Gasteiger partial charge in [0.1, 0.15) is 0 Å². The van der Waals surface area contributed by atoms with Gasteiger partial charge in [-0.2, -0.15) is 5.10 Å². The van der Waals surface area contributed by atoms with Gasteiger partial charge in [0, 0.05) is 22.8 Å². The molecule has 0 saturated carbocycles. The van der Waals surface area contributed by atoms with Gasteiger partial charge in [0.25, 0.3) is 0 Å². The van der Waals surface area contributed by atoms with Crippen LogP contribution in [0.4, 0.5) is 11.1 Å². The van der Waals surface area contributed by atoms with E-state index in [1.54, 1.807) is 12.4 Å². The number of aromatic nitrogens is 5. The van der Waals surface area contributed by atoms with Crippen molar-refractivity contribution in [2.24, 2.45) is 0 Å². The summed E-state index contributed by atoms with van der Waals surface area (Å²) in [5, 5.41) is 21.5. The number of aliphatic hydroxyl groups is 1. The summed E-state index contributed by atoms with van der Waals surface area (Å²) >= 11 is 1.44. The van der Waals surface area contributed by atoms with Gasteiger partial charge in [-0.25, -0.2) is 15.0 Å². The van der Waals surface area contributed by atoms with Gasteiger partial charge < -0.3 is 10.4 Å². The lowest BCUT2D eigenvalue weighted by Crippen LogP contribution is -1.97. The number of nitrogens with one attached hydrogen (secondary N) is 2. The van der Waals surface area contributed by atoms with E-state index in [-0.39, 0.29) is 6.61 Å². The number of hydrogen-bond donors (Lipinski definition) is 3. The van der Waals surface area contributed by atoms with Gasteiger partial charge in [-0.1, -0.05) is 0 Å². The van der Waals surface area contributed by atoms with Crippen molar-refractivity contribution in [2.75, 3.05) is 5.32 Å². The first-order valence-corrected chi connectivity index (χ1v) is 6.80. The standard InChI is InChI=1S/C12H12N6OS/c1-7-2-3-13-11(15-7)17-12-16-10(6-20-12)8-4-14-18-9(8)5-19/h2-4,6,19H,5H2,1H3,(H,14,18)(H,13,15,16,17). The van der Waals surface area contributed by atoms with E-state index in [4.69, 9.17) is 0 Å². The second-order valence-corrected chi connectivity index (χ2v) is 4.96. The Hall–Kier alpha value is -2.32. The zero-order chi connectivity index (χ0) is 13.9. The molecule has 0 atom stereocenters. The van der Waals surface area contributed by atoms with E-state index in [0.29, 0.717) is 16.8 Å². The maximum Gasteiger partial charge on any atom is 0.229 e. The number of aliphatic hydroxyl groups excluding tert-OH is 1. The number of thiazole rings is 1. The molecular weight excluding hydrogens is 276 g/mol. The molecule has 0 spiro atoms. The molecule has 3 aromatic rings. The maximum atomic E-state index is 9.21. The minimum atomic E-state index is -0.101. The zero-order valence-electron chi connectivity index (χ0n) is 10.7. The van der Waals surface area contributed by atoms with E-state index in [1.807, 2.05) is 18.4 Å². The number of aryl methyl sites for hydroxylation is 1. The molecule has 0 unspecified atom stereocenters. The monoisotopic (exact) mass is 288 g/mol. The van der Waals surface area contributed by atoms with Crippen LogP contribution in [0.25, 0.3) is 11.3 Å². The molecule has 0 aliphatic carbocycles. The fraction of sp³-hybridized carbons (Fsp3) is 0.167. The molecule has 3 heterocycles. The topological polar surface area (TPSA) is 99.6 Å². The molecule has 20 heavy (non-hydrogen) atoms. The normalized spacial score (nSPS) is 10.7. The van der Waals surface area contributed by atoms with Gasteiger partial charge in [0.15, 0.2) is 5.13 Å². The molecule has 0 radical (unpaired) electrons. The van der Waals surface area contributed by atoms with Crippen LogP contribution in [0.1, 0.15) is 11.4 Å². The first-order valence-electron chi connectivity index (χ1n) is 5.92. The largest absolute Gasteiger partial charge is 0.390 e. The van der Waals surface area contributed by atoms with Crippen LogP contribution in [0.3, 0.4) is 0 Å². The van der Waals surface area contributed by atoms with Crippen molar-refractivity contribution in [1.82, 2.24) is 25.1 Å². The second-order valence-electron chi connectivity index (χ2n) is 4.10. The Kier molecular flexibility index (Phi) is 3.40. The Labute approximate surface area is 118 Å². The molecule has 7 nitrogen and oxygen atoms in total. The molecule has 102 valence electrons.